The lowest BCUT2D eigenvalue weighted by molar-refractivity contribution is 0.103. The number of carbonyl (C=O) groups is 1. The Labute approximate surface area is 141 Å². The molecule has 2 heterocycles. The van der Waals surface area contributed by atoms with E-state index >= 15 is 0 Å². The van der Waals surface area contributed by atoms with E-state index in [0.717, 1.165) is 15.8 Å². The van der Waals surface area contributed by atoms with Gasteiger partial charge in [0.1, 0.15) is 13.2 Å². The molecule has 0 unspecified atom stereocenters. The van der Waals surface area contributed by atoms with Gasteiger partial charge in [0.15, 0.2) is 11.5 Å². The molecule has 6 heteroatoms. The Hall–Kier alpha value is -1.53. The van der Waals surface area contributed by atoms with Crippen molar-refractivity contribution in [2.75, 3.05) is 18.5 Å². The third-order valence-electron chi connectivity index (χ3n) is 3.45. The Balaban J connectivity index is 1.84. The average molecular weight is 382 g/mol. The molecular formula is C16H16BrNO3S. The average Bonchev–Trinajstić information content (AvgIpc) is 2.89. The molecule has 3 rings (SSSR count). The zero-order chi connectivity index (χ0) is 15.7. The lowest BCUT2D eigenvalue weighted by Gasteiger charge is -2.20. The normalized spacial score (nSPS) is 13.0. The van der Waals surface area contributed by atoms with Gasteiger partial charge >= 0.3 is 0 Å². The molecular weight excluding hydrogens is 366 g/mol. The lowest BCUT2D eigenvalue weighted by Crippen LogP contribution is -2.16. The number of amides is 1. The number of rotatable bonds is 3. The van der Waals surface area contributed by atoms with Crippen LogP contribution in [0.15, 0.2) is 22.7 Å². The molecule has 0 aliphatic carbocycles. The molecule has 1 N–H and O–H groups in total. The highest BCUT2D eigenvalue weighted by Crippen LogP contribution is 2.38. The fourth-order valence-corrected chi connectivity index (χ4v) is 3.76. The minimum absolute atomic E-state index is 0.106. The molecule has 1 aromatic heterocycles. The van der Waals surface area contributed by atoms with Crippen molar-refractivity contribution in [1.29, 1.82) is 0 Å². The van der Waals surface area contributed by atoms with Crippen LogP contribution in [0.2, 0.25) is 0 Å². The fourth-order valence-electron chi connectivity index (χ4n) is 2.33. The third kappa shape index (κ3) is 2.98. The Morgan fingerprint density at radius 1 is 1.27 bits per heavy atom. The highest BCUT2D eigenvalue weighted by Gasteiger charge is 2.18. The summed E-state index contributed by atoms with van der Waals surface area (Å²) in [5.74, 6) is 1.24. The first-order chi connectivity index (χ1) is 10.6. The summed E-state index contributed by atoms with van der Waals surface area (Å²) in [6.45, 7) is 5.19. The van der Waals surface area contributed by atoms with Crippen LogP contribution in [0.25, 0.3) is 0 Å². The van der Waals surface area contributed by atoms with E-state index in [-0.39, 0.29) is 5.91 Å². The van der Waals surface area contributed by atoms with Crippen molar-refractivity contribution in [3.8, 4) is 11.5 Å². The molecule has 2 aromatic rings. The van der Waals surface area contributed by atoms with Gasteiger partial charge in [-0.05, 0) is 40.9 Å². The summed E-state index contributed by atoms with van der Waals surface area (Å²) in [5, 5.41) is 2.93. The predicted molar refractivity (Wildman–Crippen MR) is 91.5 cm³/mol. The summed E-state index contributed by atoms with van der Waals surface area (Å²) in [5.41, 5.74) is 1.84. The number of carbonyl (C=O) groups excluding carboxylic acids is 1. The number of halogens is 1. The van der Waals surface area contributed by atoms with Crippen molar-refractivity contribution in [1.82, 2.24) is 0 Å². The predicted octanol–water partition coefficient (Wildman–Crippen LogP) is 4.40. The number of nitrogens with one attached hydrogen (secondary N) is 1. The summed E-state index contributed by atoms with van der Waals surface area (Å²) in [4.78, 5) is 14.4. The first kappa shape index (κ1) is 15.4. The van der Waals surface area contributed by atoms with Crippen LogP contribution < -0.4 is 14.8 Å². The van der Waals surface area contributed by atoms with Gasteiger partial charge in [0, 0.05) is 21.5 Å². The number of ether oxygens (including phenoxy) is 2. The van der Waals surface area contributed by atoms with Gasteiger partial charge in [-0.25, -0.2) is 0 Å². The zero-order valence-corrected chi connectivity index (χ0v) is 14.8. The van der Waals surface area contributed by atoms with E-state index in [9.17, 15) is 4.79 Å². The topological polar surface area (TPSA) is 47.6 Å². The van der Waals surface area contributed by atoms with E-state index in [4.69, 9.17) is 9.47 Å². The maximum absolute atomic E-state index is 12.4. The van der Waals surface area contributed by atoms with Crippen LogP contribution in [0.5, 0.6) is 11.5 Å². The van der Waals surface area contributed by atoms with E-state index < -0.39 is 0 Å². The number of hydrogen-bond acceptors (Lipinski definition) is 4. The maximum atomic E-state index is 12.4. The van der Waals surface area contributed by atoms with Crippen molar-refractivity contribution in [3.63, 3.8) is 0 Å². The van der Waals surface area contributed by atoms with Crippen LogP contribution in [0.3, 0.4) is 0 Å². The highest BCUT2D eigenvalue weighted by molar-refractivity contribution is 9.10. The Morgan fingerprint density at radius 3 is 2.59 bits per heavy atom. The Morgan fingerprint density at radius 2 is 1.95 bits per heavy atom. The van der Waals surface area contributed by atoms with Gasteiger partial charge in [0.05, 0.1) is 10.6 Å². The number of thiophene rings is 1. The molecule has 0 saturated carbocycles. The highest BCUT2D eigenvalue weighted by atomic mass is 79.9. The number of fused-ring (bicyclic) bond motifs is 1. The SMILES string of the molecule is CCc1sc(C(=O)Nc2cc3c(cc2Br)OCCO3)cc1C. The van der Waals surface area contributed by atoms with Gasteiger partial charge in [-0.1, -0.05) is 6.92 Å². The first-order valence-electron chi connectivity index (χ1n) is 7.08. The van der Waals surface area contributed by atoms with Crippen LogP contribution in [-0.4, -0.2) is 19.1 Å². The molecule has 0 saturated heterocycles. The van der Waals surface area contributed by atoms with Crippen molar-refractivity contribution in [2.24, 2.45) is 0 Å². The molecule has 0 fully saturated rings. The second-order valence-electron chi connectivity index (χ2n) is 5.00. The van der Waals surface area contributed by atoms with Gasteiger partial charge in [-0.2, -0.15) is 0 Å². The van der Waals surface area contributed by atoms with Crippen LogP contribution >= 0.6 is 27.3 Å². The Bertz CT molecular complexity index is 726. The fraction of sp³-hybridized carbons (Fsp3) is 0.312. The molecule has 1 aromatic carbocycles. The molecule has 22 heavy (non-hydrogen) atoms. The lowest BCUT2D eigenvalue weighted by atomic mass is 10.2. The van der Waals surface area contributed by atoms with Gasteiger partial charge < -0.3 is 14.8 Å². The van der Waals surface area contributed by atoms with E-state index in [0.29, 0.717) is 30.4 Å². The van der Waals surface area contributed by atoms with Crippen molar-refractivity contribution < 1.29 is 14.3 Å². The zero-order valence-electron chi connectivity index (χ0n) is 12.4. The van der Waals surface area contributed by atoms with Crippen LogP contribution in [0.4, 0.5) is 5.69 Å². The summed E-state index contributed by atoms with van der Waals surface area (Å²) in [7, 11) is 0. The molecule has 0 radical (unpaired) electrons. The third-order valence-corrected chi connectivity index (χ3v) is 5.48. The van der Waals surface area contributed by atoms with E-state index in [1.807, 2.05) is 19.1 Å². The molecule has 0 spiro atoms. The second kappa shape index (κ2) is 6.30. The summed E-state index contributed by atoms with van der Waals surface area (Å²) < 4.78 is 11.8. The first-order valence-corrected chi connectivity index (χ1v) is 8.69. The quantitative estimate of drug-likeness (QED) is 0.856. The van der Waals surface area contributed by atoms with Gasteiger partial charge in [0.25, 0.3) is 5.91 Å². The minimum Gasteiger partial charge on any atom is -0.486 e. The van der Waals surface area contributed by atoms with Gasteiger partial charge in [-0.15, -0.1) is 11.3 Å². The molecule has 4 nitrogen and oxygen atoms in total. The van der Waals surface area contributed by atoms with E-state index in [1.165, 1.54) is 21.8 Å². The van der Waals surface area contributed by atoms with Crippen LogP contribution in [0.1, 0.15) is 27.0 Å². The molecule has 0 bridgehead atoms. The van der Waals surface area contributed by atoms with Crippen molar-refractivity contribution in [3.05, 3.63) is 38.0 Å². The summed E-state index contributed by atoms with van der Waals surface area (Å²) in [6.07, 6.45) is 0.942. The van der Waals surface area contributed by atoms with Crippen LogP contribution in [-0.2, 0) is 6.42 Å². The number of hydrogen-bond donors (Lipinski definition) is 1. The molecule has 116 valence electrons. The van der Waals surface area contributed by atoms with Gasteiger partial charge in [0.2, 0.25) is 0 Å². The number of aryl methyl sites for hydroxylation is 2. The molecule has 1 aliphatic heterocycles. The second-order valence-corrected chi connectivity index (χ2v) is 6.99. The number of anilines is 1. The van der Waals surface area contributed by atoms with E-state index in [2.05, 4.69) is 28.2 Å². The molecule has 0 atom stereocenters. The van der Waals surface area contributed by atoms with Crippen molar-refractivity contribution >= 4 is 38.9 Å². The smallest absolute Gasteiger partial charge is 0.265 e. The monoisotopic (exact) mass is 381 g/mol. The van der Waals surface area contributed by atoms with Crippen molar-refractivity contribution in [2.45, 2.75) is 20.3 Å². The molecule has 1 aliphatic rings. The largest absolute Gasteiger partial charge is 0.486 e. The summed E-state index contributed by atoms with van der Waals surface area (Å²) >= 11 is 5.00. The number of benzene rings is 1. The van der Waals surface area contributed by atoms with E-state index in [1.54, 1.807) is 6.07 Å². The van der Waals surface area contributed by atoms with Gasteiger partial charge in [-0.3, -0.25) is 4.79 Å². The van der Waals surface area contributed by atoms with Crippen LogP contribution in [0, 0.1) is 6.92 Å². The Kier molecular flexibility index (Phi) is 4.40. The molecule has 1 amide bonds. The standard InChI is InChI=1S/C16H16BrNO3S/c1-3-14-9(2)6-15(22-14)16(19)18-11-8-13-12(7-10(11)17)20-4-5-21-13/h6-8H,3-5H2,1-2H3,(H,18,19). The summed E-state index contributed by atoms with van der Waals surface area (Å²) in [6, 6.07) is 5.55. The maximum Gasteiger partial charge on any atom is 0.265 e. The minimum atomic E-state index is -0.106.